The lowest BCUT2D eigenvalue weighted by molar-refractivity contribution is 0.399. The molecule has 36 heavy (non-hydrogen) atoms. The minimum Gasteiger partial charge on any atom is -0.496 e. The van der Waals surface area contributed by atoms with Gasteiger partial charge in [-0.2, -0.15) is 0 Å². The van der Waals surface area contributed by atoms with Crippen molar-refractivity contribution in [1.29, 1.82) is 5.26 Å². The number of fused-ring (bicyclic) bond motifs is 2. The number of oxazole rings is 1. The van der Waals surface area contributed by atoms with Crippen molar-refractivity contribution in [3.05, 3.63) is 41.8 Å². The molecule has 4 aromatic rings. The number of ether oxygens (including phenoxy) is 1. The van der Waals surface area contributed by atoms with Crippen LogP contribution >= 0.6 is 0 Å². The van der Waals surface area contributed by atoms with Gasteiger partial charge in [-0.25, -0.2) is 20.2 Å². The molecule has 0 amide bonds. The van der Waals surface area contributed by atoms with Crippen molar-refractivity contribution in [3.63, 3.8) is 0 Å². The minimum atomic E-state index is 0.0820. The van der Waals surface area contributed by atoms with Gasteiger partial charge >= 0.3 is 0 Å². The standard InChI is InChI=1S/C26H28BN5O2.CH4O/c1-15(2)27(14-28)18-10-11-32(13-18)24-9-8-21-22(31-24)7-6-20(30-21)19-12-23-25(29-17(4)34-23)16(3)26(19)33-5;1-2/h6-9,12,15,18H,10-11,13H2,1-5H3;2H,1H3. The van der Waals surface area contributed by atoms with Gasteiger partial charge in [-0.05, 0) is 49.5 Å². The zero-order chi connectivity index (χ0) is 26.0. The van der Waals surface area contributed by atoms with Crippen LogP contribution in [0.15, 0.2) is 34.7 Å². The molecule has 8 nitrogen and oxygen atoms in total. The first-order valence-electron chi connectivity index (χ1n) is 12.2. The van der Waals surface area contributed by atoms with E-state index in [0.717, 1.165) is 77.1 Å². The molecule has 4 heterocycles. The largest absolute Gasteiger partial charge is 0.496 e. The van der Waals surface area contributed by atoms with Crippen LogP contribution in [0.25, 0.3) is 33.4 Å². The number of pyridine rings is 2. The van der Waals surface area contributed by atoms with E-state index in [-0.39, 0.29) is 6.71 Å². The smallest absolute Gasteiger partial charge is 0.275 e. The zero-order valence-corrected chi connectivity index (χ0v) is 21.7. The molecule has 9 heteroatoms. The van der Waals surface area contributed by atoms with Crippen molar-refractivity contribution >= 4 is 34.7 Å². The Morgan fingerprint density at radius 1 is 1.14 bits per heavy atom. The number of aromatic nitrogens is 3. The van der Waals surface area contributed by atoms with E-state index in [0.29, 0.717) is 17.5 Å². The summed E-state index contributed by atoms with van der Waals surface area (Å²) < 4.78 is 11.5. The Bertz CT molecular complexity index is 1430. The van der Waals surface area contributed by atoms with Gasteiger partial charge in [-0.3, -0.25) is 0 Å². The molecule has 1 atom stereocenters. The van der Waals surface area contributed by atoms with Gasteiger partial charge in [0, 0.05) is 44.2 Å². The maximum Gasteiger partial charge on any atom is 0.275 e. The summed E-state index contributed by atoms with van der Waals surface area (Å²) in [6.07, 6.45) is 1.02. The molecular weight excluding hydrogens is 453 g/mol. The molecule has 1 fully saturated rings. The van der Waals surface area contributed by atoms with Crippen molar-refractivity contribution in [2.24, 2.45) is 0 Å². The van der Waals surface area contributed by atoms with E-state index in [1.54, 1.807) is 7.11 Å². The lowest BCUT2D eigenvalue weighted by Crippen LogP contribution is -2.27. The van der Waals surface area contributed by atoms with Crippen molar-refractivity contribution < 1.29 is 14.3 Å². The van der Waals surface area contributed by atoms with Crippen LogP contribution in [0.1, 0.15) is 31.7 Å². The van der Waals surface area contributed by atoms with Crippen molar-refractivity contribution in [1.82, 2.24) is 15.0 Å². The molecule has 1 saturated heterocycles. The topological polar surface area (TPSA) is 108 Å². The molecule has 1 aliphatic heterocycles. The Hall–Kier alpha value is -3.64. The second kappa shape index (κ2) is 10.5. The van der Waals surface area contributed by atoms with Crippen LogP contribution in [0.4, 0.5) is 5.82 Å². The normalized spacial score (nSPS) is 15.2. The van der Waals surface area contributed by atoms with E-state index in [2.05, 4.69) is 29.7 Å². The van der Waals surface area contributed by atoms with Gasteiger partial charge < -0.3 is 19.2 Å². The fraction of sp³-hybridized carbons (Fsp3) is 0.407. The summed E-state index contributed by atoms with van der Waals surface area (Å²) in [5.41, 5.74) is 5.80. The van der Waals surface area contributed by atoms with Crippen molar-refractivity contribution in [3.8, 4) is 23.0 Å². The van der Waals surface area contributed by atoms with E-state index in [9.17, 15) is 5.26 Å². The monoisotopic (exact) mass is 485 g/mol. The third kappa shape index (κ3) is 4.61. The van der Waals surface area contributed by atoms with Gasteiger partial charge in [0.25, 0.3) is 6.71 Å². The van der Waals surface area contributed by atoms with E-state index >= 15 is 0 Å². The van der Waals surface area contributed by atoms with Crippen molar-refractivity contribution in [2.45, 2.75) is 45.8 Å². The molecule has 1 aromatic carbocycles. The van der Waals surface area contributed by atoms with Crippen LogP contribution in [0, 0.1) is 25.1 Å². The Kier molecular flexibility index (Phi) is 7.46. The van der Waals surface area contributed by atoms with Gasteiger partial charge in [0.15, 0.2) is 11.5 Å². The Morgan fingerprint density at radius 3 is 2.56 bits per heavy atom. The highest BCUT2D eigenvalue weighted by Gasteiger charge is 2.35. The molecule has 3 aromatic heterocycles. The molecule has 0 radical (unpaired) electrons. The van der Waals surface area contributed by atoms with Gasteiger partial charge in [-0.15, -0.1) is 0 Å². The number of hydrogen-bond donors (Lipinski definition) is 1. The molecule has 5 rings (SSSR count). The summed E-state index contributed by atoms with van der Waals surface area (Å²) in [6.45, 7) is 9.96. The first-order valence-corrected chi connectivity index (χ1v) is 12.2. The minimum absolute atomic E-state index is 0.0820. The number of anilines is 1. The van der Waals surface area contributed by atoms with Crippen LogP contribution in [0.5, 0.6) is 5.75 Å². The van der Waals surface area contributed by atoms with Crippen LogP contribution in [-0.2, 0) is 0 Å². The number of nitriles is 1. The third-order valence-electron chi connectivity index (χ3n) is 6.91. The summed E-state index contributed by atoms with van der Waals surface area (Å²) >= 11 is 0. The number of methoxy groups -OCH3 is 1. The predicted octanol–water partition coefficient (Wildman–Crippen LogP) is 5.22. The maximum atomic E-state index is 9.58. The average molecular weight is 485 g/mol. The summed E-state index contributed by atoms with van der Waals surface area (Å²) in [4.78, 5) is 16.6. The number of rotatable bonds is 5. The van der Waals surface area contributed by atoms with E-state index in [1.165, 1.54) is 0 Å². The average Bonchev–Trinajstić information content (AvgIpc) is 3.51. The van der Waals surface area contributed by atoms with Gasteiger partial charge in [-0.1, -0.05) is 19.7 Å². The number of hydrogen-bond acceptors (Lipinski definition) is 8. The van der Waals surface area contributed by atoms with Gasteiger partial charge in [0.2, 0.25) is 0 Å². The summed E-state index contributed by atoms with van der Waals surface area (Å²) in [6, 6.07) is 9.98. The third-order valence-corrected chi connectivity index (χ3v) is 6.91. The van der Waals surface area contributed by atoms with E-state index < -0.39 is 0 Å². The molecule has 1 N–H and O–H groups in total. The predicted molar refractivity (Wildman–Crippen MR) is 144 cm³/mol. The molecule has 1 aliphatic rings. The maximum absolute atomic E-state index is 9.58. The first-order chi connectivity index (χ1) is 17.4. The van der Waals surface area contributed by atoms with E-state index in [1.807, 2.05) is 44.2 Å². The summed E-state index contributed by atoms with van der Waals surface area (Å²) in [5.74, 6) is 5.57. The number of aliphatic hydroxyl groups is 1. The fourth-order valence-electron chi connectivity index (χ4n) is 5.18. The van der Waals surface area contributed by atoms with Crippen molar-refractivity contribution in [2.75, 3.05) is 32.2 Å². The molecular formula is C27H32BN5O3. The zero-order valence-electron chi connectivity index (χ0n) is 21.7. The molecule has 0 spiro atoms. The van der Waals surface area contributed by atoms with Gasteiger partial charge in [0.1, 0.15) is 17.1 Å². The first kappa shape index (κ1) is 25.5. The molecule has 1 unspecified atom stereocenters. The number of nitrogens with zero attached hydrogens (tertiary/aromatic N) is 5. The molecule has 0 saturated carbocycles. The van der Waals surface area contributed by atoms with Crippen LogP contribution < -0.4 is 9.64 Å². The van der Waals surface area contributed by atoms with Crippen LogP contribution in [-0.4, -0.2) is 54.1 Å². The second-order valence-corrected chi connectivity index (χ2v) is 9.46. The highest BCUT2D eigenvalue weighted by molar-refractivity contribution is 6.69. The number of benzene rings is 1. The molecule has 0 bridgehead atoms. The molecule has 0 aliphatic carbocycles. The lowest BCUT2D eigenvalue weighted by Gasteiger charge is -2.20. The Balaban J connectivity index is 0.00000148. The van der Waals surface area contributed by atoms with Crippen LogP contribution in [0.3, 0.4) is 0 Å². The second-order valence-electron chi connectivity index (χ2n) is 9.46. The highest BCUT2D eigenvalue weighted by Crippen LogP contribution is 2.38. The SMILES string of the molecule is CO.COc1c(-c2ccc3nc(N4CCC(B(C#N)C(C)C)C4)ccc3n2)cc2oc(C)nc2c1C. The number of aryl methyl sites for hydroxylation is 2. The van der Waals surface area contributed by atoms with Crippen LogP contribution in [0.2, 0.25) is 11.6 Å². The number of aliphatic hydroxyl groups excluding tert-OH is 1. The quantitative estimate of drug-likeness (QED) is 0.384. The fourth-order valence-corrected chi connectivity index (χ4v) is 5.18. The van der Waals surface area contributed by atoms with Gasteiger partial charge in [0.05, 0.1) is 23.8 Å². The highest BCUT2D eigenvalue weighted by atomic mass is 16.5. The lowest BCUT2D eigenvalue weighted by atomic mass is 9.35. The Labute approximate surface area is 212 Å². The Morgan fingerprint density at radius 2 is 1.86 bits per heavy atom. The summed E-state index contributed by atoms with van der Waals surface area (Å²) in [5, 5.41) is 16.6. The molecule has 186 valence electrons. The summed E-state index contributed by atoms with van der Waals surface area (Å²) in [7, 11) is 2.67. The van der Waals surface area contributed by atoms with E-state index in [4.69, 9.17) is 24.2 Å².